The van der Waals surface area contributed by atoms with Gasteiger partial charge in [0.15, 0.2) is 11.2 Å². The van der Waals surface area contributed by atoms with Crippen LogP contribution in [0, 0.1) is 19.7 Å². The minimum Gasteiger partial charge on any atom is -0.283 e. The molecule has 0 spiro atoms. The number of sulfonamides is 1. The van der Waals surface area contributed by atoms with Crippen molar-refractivity contribution in [3.8, 4) is 5.69 Å². The van der Waals surface area contributed by atoms with Gasteiger partial charge in [-0.1, -0.05) is 12.1 Å². The highest BCUT2D eigenvalue weighted by Gasteiger charge is 2.23. The number of aromatic nitrogens is 5. The van der Waals surface area contributed by atoms with Crippen LogP contribution in [0.15, 0.2) is 63.0 Å². The molecule has 180 valence electrons. The van der Waals surface area contributed by atoms with Crippen LogP contribution in [0.2, 0.25) is 0 Å². The Morgan fingerprint density at radius 2 is 1.60 bits per heavy atom. The lowest BCUT2D eigenvalue weighted by Gasteiger charge is -2.09. The average Bonchev–Trinajstić information content (AvgIpc) is 3.31. The number of fused-ring (bicyclic) bond motifs is 3. The van der Waals surface area contributed by atoms with Crippen molar-refractivity contribution in [2.45, 2.75) is 25.3 Å². The minimum absolute atomic E-state index is 0.0251. The Kier molecular flexibility index (Phi) is 5.04. The van der Waals surface area contributed by atoms with Gasteiger partial charge in [-0.2, -0.15) is 4.98 Å². The van der Waals surface area contributed by atoms with Gasteiger partial charge >= 0.3 is 5.69 Å². The minimum atomic E-state index is -3.85. The molecule has 5 aromatic rings. The predicted molar refractivity (Wildman–Crippen MR) is 128 cm³/mol. The van der Waals surface area contributed by atoms with E-state index in [1.165, 1.54) is 48.0 Å². The summed E-state index contributed by atoms with van der Waals surface area (Å²) in [5.74, 6) is -0.0172. The predicted octanol–water partition coefficient (Wildman–Crippen LogP) is 1.59. The van der Waals surface area contributed by atoms with Crippen molar-refractivity contribution in [2.24, 2.45) is 12.2 Å². The molecule has 0 atom stereocenters. The van der Waals surface area contributed by atoms with E-state index in [1.807, 2.05) is 13.8 Å². The maximum absolute atomic E-state index is 13.5. The first-order valence-corrected chi connectivity index (χ1v) is 12.1. The number of rotatable bonds is 4. The van der Waals surface area contributed by atoms with Crippen LogP contribution in [0.5, 0.6) is 0 Å². The number of benzene rings is 2. The van der Waals surface area contributed by atoms with Gasteiger partial charge in [0.05, 0.1) is 11.4 Å². The second-order valence-electron chi connectivity index (χ2n) is 8.32. The molecule has 10 nitrogen and oxygen atoms in total. The Morgan fingerprint density at radius 3 is 2.20 bits per heavy atom. The van der Waals surface area contributed by atoms with Gasteiger partial charge in [-0.25, -0.2) is 22.7 Å². The molecule has 35 heavy (non-hydrogen) atoms. The molecule has 2 aromatic carbocycles. The standard InChI is InChI=1S/C23H21FN6O4S/c1-13-14(2)30-19-20(26-22(30)29(13)17-8-10-18(11-9-17)35(25,33)34)27(3)23(32)28(21(19)31)12-15-4-6-16(24)7-5-15/h4-11H,12H2,1-3H3,(H2,25,33,34). The maximum atomic E-state index is 13.5. The van der Waals surface area contributed by atoms with E-state index in [0.717, 1.165) is 16.0 Å². The van der Waals surface area contributed by atoms with Gasteiger partial charge in [0.25, 0.3) is 5.56 Å². The number of hydrogen-bond acceptors (Lipinski definition) is 5. The Hall–Kier alpha value is -4.03. The third kappa shape index (κ3) is 3.49. The van der Waals surface area contributed by atoms with Gasteiger partial charge in [0, 0.05) is 24.1 Å². The molecular weight excluding hydrogens is 475 g/mol. The van der Waals surface area contributed by atoms with Gasteiger partial charge in [-0.15, -0.1) is 0 Å². The summed E-state index contributed by atoms with van der Waals surface area (Å²) < 4.78 is 42.4. The Labute approximate surface area is 198 Å². The van der Waals surface area contributed by atoms with E-state index in [-0.39, 0.29) is 22.6 Å². The zero-order valence-electron chi connectivity index (χ0n) is 19.1. The zero-order chi connectivity index (χ0) is 25.2. The Balaban J connectivity index is 1.78. The van der Waals surface area contributed by atoms with Gasteiger partial charge in [-0.3, -0.25) is 22.9 Å². The molecule has 0 fully saturated rings. The molecule has 0 saturated carbocycles. The number of halogens is 1. The van der Waals surface area contributed by atoms with Crippen LogP contribution in [-0.4, -0.2) is 31.5 Å². The molecule has 0 unspecified atom stereocenters. The number of primary sulfonamides is 1. The smallest absolute Gasteiger partial charge is 0.283 e. The van der Waals surface area contributed by atoms with Crippen molar-refractivity contribution in [2.75, 3.05) is 0 Å². The number of imidazole rings is 2. The summed E-state index contributed by atoms with van der Waals surface area (Å²) in [6.45, 7) is 3.65. The first-order chi connectivity index (χ1) is 16.5. The van der Waals surface area contributed by atoms with E-state index in [9.17, 15) is 22.4 Å². The van der Waals surface area contributed by atoms with Gasteiger partial charge in [0.2, 0.25) is 15.8 Å². The third-order valence-electron chi connectivity index (χ3n) is 6.20. The lowest BCUT2D eigenvalue weighted by atomic mass is 10.2. The van der Waals surface area contributed by atoms with Crippen molar-refractivity contribution in [1.82, 2.24) is 23.1 Å². The normalized spacial score (nSPS) is 12.1. The van der Waals surface area contributed by atoms with Crippen LogP contribution in [0.1, 0.15) is 17.0 Å². The van der Waals surface area contributed by atoms with Crippen LogP contribution in [0.3, 0.4) is 0 Å². The largest absolute Gasteiger partial charge is 0.332 e. The average molecular weight is 497 g/mol. The first-order valence-electron chi connectivity index (χ1n) is 10.6. The van der Waals surface area contributed by atoms with Crippen LogP contribution in [-0.2, 0) is 23.6 Å². The van der Waals surface area contributed by atoms with E-state index in [2.05, 4.69) is 4.98 Å². The first kappa shape index (κ1) is 22.7. The summed E-state index contributed by atoms with van der Waals surface area (Å²) >= 11 is 0. The summed E-state index contributed by atoms with van der Waals surface area (Å²) in [5, 5.41) is 5.21. The van der Waals surface area contributed by atoms with E-state index in [0.29, 0.717) is 17.0 Å². The zero-order valence-corrected chi connectivity index (χ0v) is 19.9. The second kappa shape index (κ2) is 7.75. The van der Waals surface area contributed by atoms with E-state index >= 15 is 0 Å². The maximum Gasteiger partial charge on any atom is 0.332 e. The molecule has 2 N–H and O–H groups in total. The number of hydrogen-bond donors (Lipinski definition) is 1. The Bertz CT molecular complexity index is 1860. The van der Waals surface area contributed by atoms with E-state index in [1.54, 1.807) is 21.1 Å². The fourth-order valence-electron chi connectivity index (χ4n) is 4.26. The molecule has 3 aromatic heterocycles. The second-order valence-corrected chi connectivity index (χ2v) is 9.89. The van der Waals surface area contributed by atoms with Crippen LogP contribution >= 0.6 is 0 Å². The summed E-state index contributed by atoms with van der Waals surface area (Å²) in [4.78, 5) is 31.2. The summed E-state index contributed by atoms with van der Waals surface area (Å²) in [6, 6.07) is 11.6. The quantitative estimate of drug-likeness (QED) is 0.404. The third-order valence-corrected chi connectivity index (χ3v) is 7.13. The number of nitrogens with two attached hydrogens (primary N) is 1. The lowest BCUT2D eigenvalue weighted by molar-refractivity contribution is 0.598. The molecule has 0 radical (unpaired) electrons. The topological polar surface area (TPSA) is 126 Å². The van der Waals surface area contributed by atoms with Crippen LogP contribution in [0.25, 0.3) is 22.6 Å². The van der Waals surface area contributed by atoms with Crippen molar-refractivity contribution in [3.63, 3.8) is 0 Å². The molecule has 12 heteroatoms. The highest BCUT2D eigenvalue weighted by molar-refractivity contribution is 7.89. The van der Waals surface area contributed by atoms with Crippen LogP contribution < -0.4 is 16.4 Å². The summed E-state index contributed by atoms with van der Waals surface area (Å²) in [6.07, 6.45) is 0. The van der Waals surface area contributed by atoms with Gasteiger partial charge in [-0.05, 0) is 55.8 Å². The fourth-order valence-corrected chi connectivity index (χ4v) is 4.77. The summed E-state index contributed by atoms with van der Waals surface area (Å²) in [5.41, 5.74) is 2.08. The molecule has 0 amide bonds. The molecule has 0 aliphatic heterocycles. The molecule has 0 saturated heterocycles. The van der Waals surface area contributed by atoms with E-state index < -0.39 is 27.1 Å². The molecule has 0 aliphatic carbocycles. The highest BCUT2D eigenvalue weighted by Crippen LogP contribution is 2.25. The van der Waals surface area contributed by atoms with Crippen molar-refractivity contribution < 1.29 is 12.8 Å². The summed E-state index contributed by atoms with van der Waals surface area (Å²) in [7, 11) is -2.32. The molecule has 5 rings (SSSR count). The molecule has 3 heterocycles. The van der Waals surface area contributed by atoms with E-state index in [4.69, 9.17) is 5.14 Å². The molecule has 0 aliphatic rings. The highest BCUT2D eigenvalue weighted by atomic mass is 32.2. The molecule has 0 bridgehead atoms. The fraction of sp³-hybridized carbons (Fsp3) is 0.174. The van der Waals surface area contributed by atoms with Gasteiger partial charge in [0.1, 0.15) is 5.82 Å². The molecular formula is C23H21FN6O4S. The Morgan fingerprint density at radius 1 is 0.971 bits per heavy atom. The SMILES string of the molecule is Cc1c(C)n2c3c(=O)n(Cc4ccc(F)cc4)c(=O)n(C)c3nc2n1-c1ccc(S(N)(=O)=O)cc1. The van der Waals surface area contributed by atoms with Crippen molar-refractivity contribution in [3.05, 3.63) is 92.1 Å². The number of nitrogens with zero attached hydrogens (tertiary/aromatic N) is 5. The van der Waals surface area contributed by atoms with Crippen molar-refractivity contribution in [1.29, 1.82) is 0 Å². The van der Waals surface area contributed by atoms with Crippen LogP contribution in [0.4, 0.5) is 4.39 Å². The lowest BCUT2D eigenvalue weighted by Crippen LogP contribution is -2.39. The number of aryl methyl sites for hydroxylation is 2. The van der Waals surface area contributed by atoms with Gasteiger partial charge < -0.3 is 0 Å². The monoisotopic (exact) mass is 496 g/mol. The van der Waals surface area contributed by atoms with Crippen molar-refractivity contribution >= 4 is 27.0 Å².